The number of likely N-dealkylation sites (tertiary alicyclic amines) is 1. The maximum atomic E-state index is 13.5. The van der Waals surface area contributed by atoms with Crippen molar-refractivity contribution in [2.45, 2.75) is 58.4 Å². The number of aromatic nitrogens is 3. The predicted octanol–water partition coefficient (Wildman–Crippen LogP) is 5.10. The molecule has 6 heteroatoms. The van der Waals surface area contributed by atoms with Gasteiger partial charge >= 0.3 is 0 Å². The van der Waals surface area contributed by atoms with E-state index in [1.807, 2.05) is 48.4 Å². The van der Waals surface area contributed by atoms with Gasteiger partial charge in [0.05, 0.1) is 25.3 Å². The van der Waals surface area contributed by atoms with Crippen LogP contribution in [0.2, 0.25) is 0 Å². The molecule has 0 N–H and O–H groups in total. The zero-order valence-electron chi connectivity index (χ0n) is 19.8. The molecule has 6 nitrogen and oxygen atoms in total. The smallest absolute Gasteiger partial charge is 0.227 e. The number of carbonyl (C=O) groups excluding carboxylic acids is 1. The number of hydrogen-bond acceptors (Lipinski definition) is 5. The summed E-state index contributed by atoms with van der Waals surface area (Å²) in [4.78, 5) is 29.3. The normalized spacial score (nSPS) is 16.0. The highest BCUT2D eigenvalue weighted by Crippen LogP contribution is 2.36. The summed E-state index contributed by atoms with van der Waals surface area (Å²) >= 11 is 0. The lowest BCUT2D eigenvalue weighted by Gasteiger charge is -2.36. The maximum Gasteiger partial charge on any atom is 0.227 e. The van der Waals surface area contributed by atoms with E-state index in [9.17, 15) is 4.79 Å². The molecule has 1 amide bonds. The minimum atomic E-state index is -0.0487. The van der Waals surface area contributed by atoms with Crippen LogP contribution in [0.4, 0.5) is 0 Å². The number of pyridine rings is 1. The van der Waals surface area contributed by atoms with Crippen LogP contribution in [0, 0.1) is 6.92 Å². The third-order valence-electron chi connectivity index (χ3n) is 6.29. The van der Waals surface area contributed by atoms with Crippen molar-refractivity contribution in [1.82, 2.24) is 19.9 Å². The van der Waals surface area contributed by atoms with Gasteiger partial charge in [0.1, 0.15) is 11.6 Å². The first-order chi connectivity index (χ1) is 16.1. The number of methoxy groups -OCH3 is 1. The summed E-state index contributed by atoms with van der Waals surface area (Å²) in [6.45, 7) is 4.89. The topological polar surface area (TPSA) is 68.2 Å². The molecule has 2 aromatic heterocycles. The molecule has 3 heterocycles. The standard InChI is InChI=1S/C27H32N4O2/c1-4-7-25-29-18-22(21-11-13-28-14-12-21)27(30-25)23-8-5-6-15-31(23)26(32)17-20-9-10-24(33-3)19(2)16-20/h9-14,16,18,23H,4-8,15,17H2,1-3H3. The SMILES string of the molecule is CCCc1ncc(-c2ccncc2)c(C2CCCCN2C(=O)Cc2ccc(OC)c(C)c2)n1. The van der Waals surface area contributed by atoms with E-state index in [1.165, 1.54) is 0 Å². The van der Waals surface area contributed by atoms with Crippen molar-refractivity contribution in [1.29, 1.82) is 0 Å². The molecule has 1 aliphatic heterocycles. The molecule has 1 atom stereocenters. The van der Waals surface area contributed by atoms with Gasteiger partial charge in [0, 0.05) is 37.1 Å². The largest absolute Gasteiger partial charge is 0.496 e. The van der Waals surface area contributed by atoms with Gasteiger partial charge in [0.15, 0.2) is 0 Å². The lowest BCUT2D eigenvalue weighted by molar-refractivity contribution is -0.134. The van der Waals surface area contributed by atoms with Crippen LogP contribution in [0.1, 0.15) is 61.3 Å². The van der Waals surface area contributed by atoms with Gasteiger partial charge < -0.3 is 9.64 Å². The molecule has 1 fully saturated rings. The molecule has 3 aromatic rings. The van der Waals surface area contributed by atoms with Crippen LogP contribution in [0.3, 0.4) is 0 Å². The monoisotopic (exact) mass is 444 g/mol. The Balaban J connectivity index is 1.67. The molecule has 0 bridgehead atoms. The average Bonchev–Trinajstić information content (AvgIpc) is 2.85. The van der Waals surface area contributed by atoms with Crippen LogP contribution in [-0.2, 0) is 17.6 Å². The fraction of sp³-hybridized carbons (Fsp3) is 0.407. The molecule has 4 rings (SSSR count). The second kappa shape index (κ2) is 10.6. The quantitative estimate of drug-likeness (QED) is 0.507. The van der Waals surface area contributed by atoms with E-state index in [2.05, 4.69) is 16.9 Å². The highest BCUT2D eigenvalue weighted by atomic mass is 16.5. The summed E-state index contributed by atoms with van der Waals surface area (Å²) in [5, 5.41) is 0. The molecule has 1 aliphatic rings. The Hall–Kier alpha value is -3.28. The summed E-state index contributed by atoms with van der Waals surface area (Å²) in [6.07, 6.45) is 10.7. The van der Waals surface area contributed by atoms with Gasteiger partial charge in [0.2, 0.25) is 5.91 Å². The number of aryl methyl sites for hydroxylation is 2. The van der Waals surface area contributed by atoms with E-state index >= 15 is 0 Å². The Labute approximate surface area is 196 Å². The fourth-order valence-electron chi connectivity index (χ4n) is 4.63. The molecular weight excluding hydrogens is 412 g/mol. The van der Waals surface area contributed by atoms with Gasteiger partial charge in [-0.1, -0.05) is 19.1 Å². The molecular formula is C27H32N4O2. The fourth-order valence-corrected chi connectivity index (χ4v) is 4.63. The van der Waals surface area contributed by atoms with Gasteiger partial charge in [-0.25, -0.2) is 9.97 Å². The molecule has 1 saturated heterocycles. The summed E-state index contributed by atoms with van der Waals surface area (Å²) < 4.78 is 5.37. The van der Waals surface area contributed by atoms with Crippen LogP contribution in [0.15, 0.2) is 48.9 Å². The van der Waals surface area contributed by atoms with E-state index in [1.54, 1.807) is 19.5 Å². The number of amides is 1. The highest BCUT2D eigenvalue weighted by Gasteiger charge is 2.31. The number of nitrogens with zero attached hydrogens (tertiary/aromatic N) is 4. The van der Waals surface area contributed by atoms with Crippen molar-refractivity contribution >= 4 is 5.91 Å². The van der Waals surface area contributed by atoms with E-state index in [4.69, 9.17) is 9.72 Å². The number of rotatable bonds is 7. The first-order valence-electron chi connectivity index (χ1n) is 11.8. The Kier molecular flexibility index (Phi) is 7.33. The molecule has 1 aromatic carbocycles. The number of carbonyl (C=O) groups is 1. The molecule has 0 aliphatic carbocycles. The van der Waals surface area contributed by atoms with Gasteiger partial charge in [-0.2, -0.15) is 0 Å². The molecule has 0 spiro atoms. The van der Waals surface area contributed by atoms with Gasteiger partial charge in [-0.05, 0) is 67.5 Å². The van der Waals surface area contributed by atoms with Crippen LogP contribution in [0.25, 0.3) is 11.1 Å². The maximum absolute atomic E-state index is 13.5. The number of ether oxygens (including phenoxy) is 1. The number of hydrogen-bond donors (Lipinski definition) is 0. The van der Waals surface area contributed by atoms with Crippen molar-refractivity contribution in [3.8, 4) is 16.9 Å². The summed E-state index contributed by atoms with van der Waals surface area (Å²) in [5.41, 5.74) is 5.02. The molecule has 1 unspecified atom stereocenters. The summed E-state index contributed by atoms with van der Waals surface area (Å²) in [7, 11) is 1.67. The van der Waals surface area contributed by atoms with E-state index in [0.717, 1.165) is 78.2 Å². The van der Waals surface area contributed by atoms with Crippen LogP contribution in [0.5, 0.6) is 5.75 Å². The Bertz CT molecular complexity index is 1100. The van der Waals surface area contributed by atoms with Crippen molar-refractivity contribution in [2.24, 2.45) is 0 Å². The third-order valence-corrected chi connectivity index (χ3v) is 6.29. The molecule has 33 heavy (non-hydrogen) atoms. The average molecular weight is 445 g/mol. The van der Waals surface area contributed by atoms with Gasteiger partial charge in [0.25, 0.3) is 0 Å². The Morgan fingerprint density at radius 1 is 1.18 bits per heavy atom. The summed E-state index contributed by atoms with van der Waals surface area (Å²) in [6, 6.07) is 9.88. The molecule has 172 valence electrons. The Morgan fingerprint density at radius 2 is 2.00 bits per heavy atom. The van der Waals surface area contributed by atoms with E-state index in [-0.39, 0.29) is 11.9 Å². The second-order valence-electron chi connectivity index (χ2n) is 8.65. The van der Waals surface area contributed by atoms with Crippen molar-refractivity contribution in [2.75, 3.05) is 13.7 Å². The minimum Gasteiger partial charge on any atom is -0.496 e. The summed E-state index contributed by atoms with van der Waals surface area (Å²) in [5.74, 6) is 1.82. The lowest BCUT2D eigenvalue weighted by atomic mass is 9.93. The number of benzene rings is 1. The molecule has 0 radical (unpaired) electrons. The van der Waals surface area contributed by atoms with Crippen LogP contribution in [-0.4, -0.2) is 39.4 Å². The number of piperidine rings is 1. The van der Waals surface area contributed by atoms with Gasteiger partial charge in [-0.3, -0.25) is 9.78 Å². The van der Waals surface area contributed by atoms with Gasteiger partial charge in [-0.15, -0.1) is 0 Å². The van der Waals surface area contributed by atoms with Crippen molar-refractivity contribution in [3.05, 3.63) is 71.6 Å². The first kappa shape index (κ1) is 22.9. The second-order valence-corrected chi connectivity index (χ2v) is 8.65. The van der Waals surface area contributed by atoms with Crippen molar-refractivity contribution in [3.63, 3.8) is 0 Å². The first-order valence-corrected chi connectivity index (χ1v) is 11.8. The van der Waals surface area contributed by atoms with E-state index < -0.39 is 0 Å². The van der Waals surface area contributed by atoms with Crippen LogP contribution < -0.4 is 4.74 Å². The highest BCUT2D eigenvalue weighted by molar-refractivity contribution is 5.80. The minimum absolute atomic E-state index is 0.0487. The van der Waals surface area contributed by atoms with E-state index in [0.29, 0.717) is 6.42 Å². The molecule has 0 saturated carbocycles. The third kappa shape index (κ3) is 5.21. The zero-order chi connectivity index (χ0) is 23.2. The Morgan fingerprint density at radius 3 is 2.73 bits per heavy atom. The lowest BCUT2D eigenvalue weighted by Crippen LogP contribution is -2.40. The zero-order valence-corrected chi connectivity index (χ0v) is 19.8. The predicted molar refractivity (Wildman–Crippen MR) is 129 cm³/mol. The van der Waals surface area contributed by atoms with Crippen LogP contribution >= 0.6 is 0 Å². The van der Waals surface area contributed by atoms with Crippen molar-refractivity contribution < 1.29 is 9.53 Å².